The van der Waals surface area contributed by atoms with Crippen LogP contribution in [0.25, 0.3) is 22.7 Å². The fourth-order valence-corrected chi connectivity index (χ4v) is 2.71. The molecule has 1 saturated heterocycles. The van der Waals surface area contributed by atoms with Crippen LogP contribution in [0.15, 0.2) is 41.1 Å². The van der Waals surface area contributed by atoms with Gasteiger partial charge in [-0.1, -0.05) is 0 Å². The summed E-state index contributed by atoms with van der Waals surface area (Å²) in [5, 5.41) is 0. The Kier molecular flexibility index (Phi) is 2.77. The van der Waals surface area contributed by atoms with Gasteiger partial charge in [-0.3, -0.25) is 0 Å². The van der Waals surface area contributed by atoms with Crippen molar-refractivity contribution in [3.63, 3.8) is 0 Å². The normalized spacial score (nSPS) is 18.9. The van der Waals surface area contributed by atoms with Crippen LogP contribution in [-0.2, 0) is 11.3 Å². The summed E-state index contributed by atoms with van der Waals surface area (Å²) in [5.74, 6) is 2.14. The van der Waals surface area contributed by atoms with Gasteiger partial charge in [-0.25, -0.2) is 9.97 Å². The molecule has 0 spiro atoms. The summed E-state index contributed by atoms with van der Waals surface area (Å²) >= 11 is 0. The predicted octanol–water partition coefficient (Wildman–Crippen LogP) is 2.73. The highest BCUT2D eigenvalue weighted by molar-refractivity contribution is 5.75. The molecule has 102 valence electrons. The van der Waals surface area contributed by atoms with Crippen molar-refractivity contribution in [3.05, 3.63) is 36.7 Å². The molecule has 1 fully saturated rings. The summed E-state index contributed by atoms with van der Waals surface area (Å²) in [6.45, 7) is 2.52. The summed E-state index contributed by atoms with van der Waals surface area (Å²) in [4.78, 5) is 9.13. The van der Waals surface area contributed by atoms with Gasteiger partial charge in [0.2, 0.25) is 0 Å². The zero-order valence-corrected chi connectivity index (χ0v) is 11.0. The van der Waals surface area contributed by atoms with Crippen molar-refractivity contribution >= 4 is 11.2 Å². The van der Waals surface area contributed by atoms with Crippen LogP contribution < -0.4 is 0 Å². The number of hydrogen-bond acceptors (Lipinski definition) is 4. The van der Waals surface area contributed by atoms with Gasteiger partial charge in [0.25, 0.3) is 0 Å². The number of aromatic nitrogens is 3. The van der Waals surface area contributed by atoms with E-state index in [-0.39, 0.29) is 0 Å². The van der Waals surface area contributed by atoms with Crippen molar-refractivity contribution in [2.75, 3.05) is 13.2 Å². The van der Waals surface area contributed by atoms with E-state index in [1.165, 1.54) is 0 Å². The number of ether oxygens (including phenoxy) is 1. The number of nitrogens with zero attached hydrogens (tertiary/aromatic N) is 3. The van der Waals surface area contributed by atoms with E-state index in [2.05, 4.69) is 14.5 Å². The number of hydrogen-bond donors (Lipinski definition) is 0. The minimum Gasteiger partial charge on any atom is -0.461 e. The molecule has 3 aromatic rings. The standard InChI is InChI=1S/C15H15N3O2/c1-3-12-14(16-6-1)18(9-11-5-8-19-10-11)15(17-12)13-4-2-7-20-13/h1-4,6-7,11H,5,8-10H2. The molecule has 3 aromatic heterocycles. The van der Waals surface area contributed by atoms with Gasteiger partial charge in [-0.15, -0.1) is 0 Å². The first-order chi connectivity index (χ1) is 9.92. The van der Waals surface area contributed by atoms with Gasteiger partial charge in [-0.2, -0.15) is 0 Å². The van der Waals surface area contributed by atoms with Crippen molar-refractivity contribution in [1.82, 2.24) is 14.5 Å². The average Bonchev–Trinajstić information content (AvgIpc) is 3.19. The third-order valence-corrected chi connectivity index (χ3v) is 3.71. The van der Waals surface area contributed by atoms with E-state index in [0.29, 0.717) is 5.92 Å². The van der Waals surface area contributed by atoms with Crippen molar-refractivity contribution < 1.29 is 9.15 Å². The maximum atomic E-state index is 5.51. The van der Waals surface area contributed by atoms with Gasteiger partial charge < -0.3 is 13.7 Å². The molecule has 0 aromatic carbocycles. The molecule has 0 aliphatic carbocycles. The quantitative estimate of drug-likeness (QED) is 0.733. The highest BCUT2D eigenvalue weighted by atomic mass is 16.5. The van der Waals surface area contributed by atoms with Crippen LogP contribution >= 0.6 is 0 Å². The third kappa shape index (κ3) is 1.91. The molecule has 5 nitrogen and oxygen atoms in total. The van der Waals surface area contributed by atoms with Crippen molar-refractivity contribution in [3.8, 4) is 11.6 Å². The van der Waals surface area contributed by atoms with Crippen LogP contribution in [0, 0.1) is 5.92 Å². The zero-order valence-electron chi connectivity index (χ0n) is 11.0. The molecular formula is C15H15N3O2. The van der Waals surface area contributed by atoms with E-state index in [4.69, 9.17) is 9.15 Å². The maximum Gasteiger partial charge on any atom is 0.178 e. The second kappa shape index (κ2) is 4.76. The van der Waals surface area contributed by atoms with Crippen molar-refractivity contribution in [2.45, 2.75) is 13.0 Å². The van der Waals surface area contributed by atoms with E-state index in [9.17, 15) is 0 Å². The molecular weight excluding hydrogens is 254 g/mol. The fourth-order valence-electron chi connectivity index (χ4n) is 2.71. The number of rotatable bonds is 3. The summed E-state index contributed by atoms with van der Waals surface area (Å²) < 4.78 is 13.1. The molecule has 0 N–H and O–H groups in total. The van der Waals surface area contributed by atoms with E-state index in [1.807, 2.05) is 24.3 Å². The van der Waals surface area contributed by atoms with Gasteiger partial charge in [0, 0.05) is 25.3 Å². The maximum absolute atomic E-state index is 5.51. The lowest BCUT2D eigenvalue weighted by Crippen LogP contribution is -2.12. The van der Waals surface area contributed by atoms with Gasteiger partial charge in [0.15, 0.2) is 17.2 Å². The SMILES string of the molecule is c1coc(-c2nc3cccnc3n2CC2CCOC2)c1. The lowest BCUT2D eigenvalue weighted by molar-refractivity contribution is 0.183. The molecule has 20 heavy (non-hydrogen) atoms. The van der Waals surface area contributed by atoms with E-state index in [0.717, 1.165) is 48.9 Å². The largest absolute Gasteiger partial charge is 0.461 e. The zero-order chi connectivity index (χ0) is 13.4. The Balaban J connectivity index is 1.84. The van der Waals surface area contributed by atoms with Crippen LogP contribution in [0.2, 0.25) is 0 Å². The van der Waals surface area contributed by atoms with Crippen molar-refractivity contribution in [2.24, 2.45) is 5.92 Å². The average molecular weight is 269 g/mol. The molecule has 4 rings (SSSR count). The van der Waals surface area contributed by atoms with Gasteiger partial charge in [0.05, 0.1) is 12.9 Å². The van der Waals surface area contributed by atoms with Crippen LogP contribution in [0.3, 0.4) is 0 Å². The summed E-state index contributed by atoms with van der Waals surface area (Å²) in [7, 11) is 0. The first kappa shape index (κ1) is 11.7. The second-order valence-corrected chi connectivity index (χ2v) is 5.10. The molecule has 0 amide bonds. The van der Waals surface area contributed by atoms with E-state index >= 15 is 0 Å². The highest BCUT2D eigenvalue weighted by Gasteiger charge is 2.21. The third-order valence-electron chi connectivity index (χ3n) is 3.71. The first-order valence-electron chi connectivity index (χ1n) is 6.85. The lowest BCUT2D eigenvalue weighted by atomic mass is 10.1. The van der Waals surface area contributed by atoms with E-state index in [1.54, 1.807) is 12.5 Å². The Morgan fingerprint density at radius 1 is 1.30 bits per heavy atom. The van der Waals surface area contributed by atoms with Gasteiger partial charge in [0.1, 0.15) is 5.52 Å². The lowest BCUT2D eigenvalue weighted by Gasteiger charge is -2.11. The molecule has 1 aliphatic rings. The summed E-state index contributed by atoms with van der Waals surface area (Å²) in [6, 6.07) is 7.70. The predicted molar refractivity (Wildman–Crippen MR) is 74.2 cm³/mol. The first-order valence-corrected chi connectivity index (χ1v) is 6.85. The Hall–Kier alpha value is -2.14. The number of imidazole rings is 1. The number of pyridine rings is 1. The Bertz CT molecular complexity index is 712. The van der Waals surface area contributed by atoms with Crippen LogP contribution in [0.4, 0.5) is 0 Å². The van der Waals surface area contributed by atoms with Gasteiger partial charge >= 0.3 is 0 Å². The van der Waals surface area contributed by atoms with Crippen LogP contribution in [0.5, 0.6) is 0 Å². The Labute approximate surface area is 116 Å². The summed E-state index contributed by atoms with van der Waals surface area (Å²) in [6.07, 6.45) is 4.56. The fraction of sp³-hybridized carbons (Fsp3) is 0.333. The molecule has 0 radical (unpaired) electrons. The minimum absolute atomic E-state index is 0.517. The monoisotopic (exact) mass is 269 g/mol. The second-order valence-electron chi connectivity index (χ2n) is 5.10. The molecule has 0 saturated carbocycles. The number of fused-ring (bicyclic) bond motifs is 1. The molecule has 5 heteroatoms. The smallest absolute Gasteiger partial charge is 0.178 e. The van der Waals surface area contributed by atoms with Crippen molar-refractivity contribution in [1.29, 1.82) is 0 Å². The molecule has 0 bridgehead atoms. The molecule has 4 heterocycles. The highest BCUT2D eigenvalue weighted by Crippen LogP contribution is 2.26. The Morgan fingerprint density at radius 3 is 3.10 bits per heavy atom. The number of furan rings is 1. The summed E-state index contributed by atoms with van der Waals surface area (Å²) in [5.41, 5.74) is 1.81. The Morgan fingerprint density at radius 2 is 2.30 bits per heavy atom. The van der Waals surface area contributed by atoms with E-state index < -0.39 is 0 Å². The molecule has 1 aliphatic heterocycles. The van der Waals surface area contributed by atoms with Crippen LogP contribution in [-0.4, -0.2) is 27.7 Å². The molecule has 1 unspecified atom stereocenters. The topological polar surface area (TPSA) is 53.1 Å². The minimum atomic E-state index is 0.517. The van der Waals surface area contributed by atoms with Gasteiger partial charge in [-0.05, 0) is 30.7 Å². The molecule has 1 atom stereocenters. The van der Waals surface area contributed by atoms with Crippen LogP contribution in [0.1, 0.15) is 6.42 Å².